The number of nitrogens with zero attached hydrogens (tertiary/aromatic N) is 3. The van der Waals surface area contributed by atoms with E-state index in [-0.39, 0.29) is 0 Å². The highest BCUT2D eigenvalue weighted by atomic mass is 15.2. The van der Waals surface area contributed by atoms with Crippen molar-refractivity contribution in [1.82, 2.24) is 25.4 Å². The first-order chi connectivity index (χ1) is 7.75. The van der Waals surface area contributed by atoms with E-state index in [0.29, 0.717) is 5.92 Å². The van der Waals surface area contributed by atoms with Crippen LogP contribution in [0.1, 0.15) is 31.4 Å². The zero-order valence-electron chi connectivity index (χ0n) is 10.2. The molecule has 90 valence electrons. The van der Waals surface area contributed by atoms with Crippen LogP contribution < -0.4 is 5.32 Å². The summed E-state index contributed by atoms with van der Waals surface area (Å²) in [5.41, 5.74) is 0. The van der Waals surface area contributed by atoms with Gasteiger partial charge in [0.2, 0.25) is 0 Å². The van der Waals surface area contributed by atoms with Crippen LogP contribution in [-0.4, -0.2) is 52.8 Å². The van der Waals surface area contributed by atoms with Gasteiger partial charge in [-0.3, -0.25) is 5.10 Å². The molecule has 1 aliphatic heterocycles. The second-order valence-electron chi connectivity index (χ2n) is 4.64. The van der Waals surface area contributed by atoms with Crippen LogP contribution in [-0.2, 0) is 6.42 Å². The van der Waals surface area contributed by atoms with E-state index in [9.17, 15) is 0 Å². The average molecular weight is 223 g/mol. The number of H-pyrrole nitrogens is 1. The molecule has 1 saturated heterocycles. The highest BCUT2D eigenvalue weighted by Crippen LogP contribution is 2.08. The first-order valence-electron chi connectivity index (χ1n) is 6.10. The van der Waals surface area contributed by atoms with Gasteiger partial charge in [-0.1, -0.05) is 13.8 Å². The summed E-state index contributed by atoms with van der Waals surface area (Å²) in [4.78, 5) is 6.95. The van der Waals surface area contributed by atoms with E-state index < -0.39 is 0 Å². The second kappa shape index (κ2) is 5.41. The van der Waals surface area contributed by atoms with E-state index in [2.05, 4.69) is 39.2 Å². The summed E-state index contributed by atoms with van der Waals surface area (Å²) in [6, 6.07) is 0. The molecule has 0 aliphatic carbocycles. The van der Waals surface area contributed by atoms with Crippen molar-refractivity contribution < 1.29 is 0 Å². The van der Waals surface area contributed by atoms with Crippen LogP contribution in [0, 0.1) is 0 Å². The van der Waals surface area contributed by atoms with Gasteiger partial charge in [0.05, 0.1) is 0 Å². The van der Waals surface area contributed by atoms with Gasteiger partial charge in [-0.15, -0.1) is 0 Å². The molecule has 0 amide bonds. The maximum absolute atomic E-state index is 4.49. The number of hydrogen-bond donors (Lipinski definition) is 2. The van der Waals surface area contributed by atoms with Crippen LogP contribution in [0.15, 0.2) is 0 Å². The van der Waals surface area contributed by atoms with Crippen LogP contribution >= 0.6 is 0 Å². The van der Waals surface area contributed by atoms with Crippen LogP contribution in [0.5, 0.6) is 0 Å². The van der Waals surface area contributed by atoms with Crippen LogP contribution in [0.25, 0.3) is 0 Å². The molecule has 0 aromatic carbocycles. The van der Waals surface area contributed by atoms with Crippen molar-refractivity contribution in [1.29, 1.82) is 0 Å². The number of hydrogen-bond acceptors (Lipinski definition) is 4. The predicted molar refractivity (Wildman–Crippen MR) is 63.5 cm³/mol. The quantitative estimate of drug-likeness (QED) is 0.774. The minimum absolute atomic E-state index is 0.407. The second-order valence-corrected chi connectivity index (χ2v) is 4.64. The number of aromatic amines is 1. The normalized spacial score (nSPS) is 18.2. The van der Waals surface area contributed by atoms with E-state index in [0.717, 1.165) is 50.8 Å². The number of piperazine rings is 1. The fourth-order valence-corrected chi connectivity index (χ4v) is 1.88. The Bertz CT molecular complexity index is 314. The van der Waals surface area contributed by atoms with E-state index in [1.807, 2.05) is 0 Å². The SMILES string of the molecule is CC(C)c1n[nH]c(CCN2CCNCC2)n1. The van der Waals surface area contributed by atoms with Crippen molar-refractivity contribution in [2.24, 2.45) is 0 Å². The maximum atomic E-state index is 4.49. The Kier molecular flexibility index (Phi) is 3.90. The monoisotopic (exact) mass is 223 g/mol. The molecular weight excluding hydrogens is 202 g/mol. The Labute approximate surface area is 96.6 Å². The fourth-order valence-electron chi connectivity index (χ4n) is 1.88. The van der Waals surface area contributed by atoms with Crippen molar-refractivity contribution in [2.45, 2.75) is 26.2 Å². The molecule has 2 heterocycles. The Morgan fingerprint density at radius 2 is 2.06 bits per heavy atom. The zero-order chi connectivity index (χ0) is 11.4. The predicted octanol–water partition coefficient (Wildman–Crippen LogP) is 0.376. The lowest BCUT2D eigenvalue weighted by Crippen LogP contribution is -2.44. The number of nitrogens with one attached hydrogen (secondary N) is 2. The topological polar surface area (TPSA) is 56.8 Å². The largest absolute Gasteiger partial charge is 0.314 e. The number of aromatic nitrogens is 3. The Balaban J connectivity index is 1.79. The van der Waals surface area contributed by atoms with Crippen molar-refractivity contribution >= 4 is 0 Å². The number of rotatable bonds is 4. The molecule has 0 saturated carbocycles. The van der Waals surface area contributed by atoms with E-state index >= 15 is 0 Å². The Morgan fingerprint density at radius 3 is 2.69 bits per heavy atom. The third-order valence-electron chi connectivity index (χ3n) is 2.94. The summed E-state index contributed by atoms with van der Waals surface area (Å²) < 4.78 is 0. The summed E-state index contributed by atoms with van der Waals surface area (Å²) in [5.74, 6) is 2.35. The molecule has 0 atom stereocenters. The first kappa shape index (κ1) is 11.5. The van der Waals surface area contributed by atoms with Crippen molar-refractivity contribution in [3.05, 3.63) is 11.6 Å². The van der Waals surface area contributed by atoms with Gasteiger partial charge in [-0.05, 0) is 0 Å². The molecule has 5 heteroatoms. The Morgan fingerprint density at radius 1 is 1.31 bits per heavy atom. The lowest BCUT2D eigenvalue weighted by atomic mass is 10.2. The van der Waals surface area contributed by atoms with Crippen LogP contribution in [0.4, 0.5) is 0 Å². The van der Waals surface area contributed by atoms with E-state index in [1.165, 1.54) is 0 Å². The lowest BCUT2D eigenvalue weighted by Gasteiger charge is -2.26. The minimum atomic E-state index is 0.407. The molecule has 1 fully saturated rings. The third kappa shape index (κ3) is 3.02. The van der Waals surface area contributed by atoms with Gasteiger partial charge >= 0.3 is 0 Å². The molecule has 1 aromatic rings. The standard InChI is InChI=1S/C11H21N5/c1-9(2)11-13-10(14-15-11)3-6-16-7-4-12-5-8-16/h9,12H,3-8H2,1-2H3,(H,13,14,15). The fraction of sp³-hybridized carbons (Fsp3) is 0.818. The summed E-state index contributed by atoms with van der Waals surface area (Å²) in [7, 11) is 0. The van der Waals surface area contributed by atoms with Gasteiger partial charge in [-0.25, -0.2) is 4.98 Å². The summed E-state index contributed by atoms with van der Waals surface area (Å²) in [5, 5.41) is 10.6. The average Bonchev–Trinajstić information content (AvgIpc) is 2.76. The zero-order valence-corrected chi connectivity index (χ0v) is 10.2. The summed E-state index contributed by atoms with van der Waals surface area (Å²) in [6.07, 6.45) is 0.972. The minimum Gasteiger partial charge on any atom is -0.314 e. The van der Waals surface area contributed by atoms with E-state index in [4.69, 9.17) is 0 Å². The molecule has 0 bridgehead atoms. The van der Waals surface area contributed by atoms with Gasteiger partial charge in [0.15, 0.2) is 5.82 Å². The molecule has 0 spiro atoms. The molecule has 5 nitrogen and oxygen atoms in total. The van der Waals surface area contributed by atoms with Gasteiger partial charge < -0.3 is 10.2 Å². The molecular formula is C11H21N5. The van der Waals surface area contributed by atoms with Crippen LogP contribution in [0.3, 0.4) is 0 Å². The molecule has 0 unspecified atom stereocenters. The van der Waals surface area contributed by atoms with Gasteiger partial charge in [0.25, 0.3) is 0 Å². The lowest BCUT2D eigenvalue weighted by molar-refractivity contribution is 0.242. The molecule has 0 radical (unpaired) electrons. The highest BCUT2D eigenvalue weighted by Gasteiger charge is 2.11. The third-order valence-corrected chi connectivity index (χ3v) is 2.94. The highest BCUT2D eigenvalue weighted by molar-refractivity contribution is 4.95. The molecule has 16 heavy (non-hydrogen) atoms. The van der Waals surface area contributed by atoms with Crippen LogP contribution in [0.2, 0.25) is 0 Å². The molecule has 2 rings (SSSR count). The molecule has 1 aromatic heterocycles. The van der Waals surface area contributed by atoms with Crippen molar-refractivity contribution in [3.63, 3.8) is 0 Å². The van der Waals surface area contributed by atoms with Crippen molar-refractivity contribution in [3.8, 4) is 0 Å². The van der Waals surface area contributed by atoms with E-state index in [1.54, 1.807) is 0 Å². The summed E-state index contributed by atoms with van der Waals surface area (Å²) >= 11 is 0. The van der Waals surface area contributed by atoms with Gasteiger partial charge in [-0.2, -0.15) is 5.10 Å². The van der Waals surface area contributed by atoms with Gasteiger partial charge in [0, 0.05) is 45.1 Å². The molecule has 1 aliphatic rings. The molecule has 2 N–H and O–H groups in total. The Hall–Kier alpha value is -0.940. The maximum Gasteiger partial charge on any atom is 0.153 e. The first-order valence-corrected chi connectivity index (χ1v) is 6.10. The van der Waals surface area contributed by atoms with Crippen molar-refractivity contribution in [2.75, 3.05) is 32.7 Å². The smallest absolute Gasteiger partial charge is 0.153 e. The summed E-state index contributed by atoms with van der Waals surface area (Å²) in [6.45, 7) is 9.80. The van der Waals surface area contributed by atoms with Gasteiger partial charge in [0.1, 0.15) is 5.82 Å².